The molecular weight excluding hydrogens is 390 g/mol. The fourth-order valence-corrected chi connectivity index (χ4v) is 3.28. The number of rotatable bonds is 12. The van der Waals surface area contributed by atoms with E-state index in [0.717, 1.165) is 38.4 Å². The first-order valence-electron chi connectivity index (χ1n) is 10.7. The van der Waals surface area contributed by atoms with Gasteiger partial charge in [-0.2, -0.15) is 5.10 Å². The van der Waals surface area contributed by atoms with Gasteiger partial charge in [0.1, 0.15) is 5.75 Å². The Bertz CT molecular complexity index is 837. The van der Waals surface area contributed by atoms with Crippen LogP contribution in [0.25, 0.3) is 0 Å². The van der Waals surface area contributed by atoms with Gasteiger partial charge in [-0.15, -0.1) is 0 Å². The maximum absolute atomic E-state index is 12.1. The fourth-order valence-electron chi connectivity index (χ4n) is 3.28. The van der Waals surface area contributed by atoms with E-state index >= 15 is 0 Å². The first-order valence-corrected chi connectivity index (χ1v) is 10.7. The minimum atomic E-state index is -0.191. The lowest BCUT2D eigenvalue weighted by atomic mass is 10.2. The summed E-state index contributed by atoms with van der Waals surface area (Å²) in [5, 5.41) is 14.2. The molecule has 0 aliphatic carbocycles. The Morgan fingerprint density at radius 3 is 2.35 bits per heavy atom. The smallest absolute Gasteiger partial charge is 0.254 e. The van der Waals surface area contributed by atoms with Crippen LogP contribution in [0.4, 0.5) is 5.69 Å². The quantitative estimate of drug-likeness (QED) is 0.404. The predicted molar refractivity (Wildman–Crippen MR) is 128 cm³/mol. The van der Waals surface area contributed by atoms with Gasteiger partial charge in [0.2, 0.25) is 0 Å². The average Bonchev–Trinajstić information content (AvgIpc) is 2.75. The van der Waals surface area contributed by atoms with Crippen molar-refractivity contribution in [3.05, 3.63) is 59.7 Å². The van der Waals surface area contributed by atoms with Gasteiger partial charge in [-0.3, -0.25) is 9.69 Å². The number of amides is 1. The molecule has 0 spiro atoms. The van der Waals surface area contributed by atoms with Crippen molar-refractivity contribution in [2.24, 2.45) is 5.10 Å². The highest BCUT2D eigenvalue weighted by Crippen LogP contribution is 2.23. The van der Waals surface area contributed by atoms with Gasteiger partial charge in [0.05, 0.1) is 12.8 Å². The highest BCUT2D eigenvalue weighted by Gasteiger charge is 2.08. The van der Waals surface area contributed by atoms with E-state index in [1.807, 2.05) is 36.2 Å². The van der Waals surface area contributed by atoms with Crippen LogP contribution in [0.5, 0.6) is 5.75 Å². The van der Waals surface area contributed by atoms with Crippen molar-refractivity contribution in [2.75, 3.05) is 51.7 Å². The zero-order chi connectivity index (χ0) is 22.6. The molecule has 0 radical (unpaired) electrons. The second-order valence-electron chi connectivity index (χ2n) is 7.67. The molecule has 0 saturated carbocycles. The van der Waals surface area contributed by atoms with E-state index in [4.69, 9.17) is 0 Å². The Hall–Kier alpha value is -2.90. The molecule has 0 saturated heterocycles. The number of nitrogens with zero attached hydrogens (tertiary/aromatic N) is 4. The van der Waals surface area contributed by atoms with Crippen molar-refractivity contribution in [1.29, 1.82) is 0 Å². The minimum Gasteiger partial charge on any atom is -0.507 e. The third kappa shape index (κ3) is 8.39. The minimum absolute atomic E-state index is 0.140. The number of hydrogen-bond donors (Lipinski definition) is 2. The number of hydrogen-bond acceptors (Lipinski definition) is 6. The molecule has 0 atom stereocenters. The van der Waals surface area contributed by atoms with Crippen molar-refractivity contribution in [3.63, 3.8) is 0 Å². The van der Waals surface area contributed by atoms with Crippen molar-refractivity contribution in [1.82, 2.24) is 15.2 Å². The normalized spacial score (nSPS) is 11.4. The van der Waals surface area contributed by atoms with Crippen LogP contribution in [0.15, 0.2) is 53.6 Å². The summed E-state index contributed by atoms with van der Waals surface area (Å²) in [7, 11) is 3.99. The molecule has 2 aromatic rings. The molecule has 0 fully saturated rings. The van der Waals surface area contributed by atoms with Gasteiger partial charge in [-0.05, 0) is 45.6 Å². The van der Waals surface area contributed by atoms with E-state index in [2.05, 4.69) is 53.4 Å². The highest BCUT2D eigenvalue weighted by atomic mass is 16.3. The monoisotopic (exact) mass is 425 g/mol. The van der Waals surface area contributed by atoms with Crippen molar-refractivity contribution < 1.29 is 9.90 Å². The molecule has 31 heavy (non-hydrogen) atoms. The second kappa shape index (κ2) is 12.7. The van der Waals surface area contributed by atoms with Gasteiger partial charge in [0.15, 0.2) is 0 Å². The summed E-state index contributed by atoms with van der Waals surface area (Å²) in [6, 6.07) is 15.8. The molecule has 2 rings (SSSR count). The molecular formula is C24H35N5O2. The molecule has 168 valence electrons. The first kappa shape index (κ1) is 24.4. The Labute approximate surface area is 186 Å². The lowest BCUT2D eigenvalue weighted by Crippen LogP contribution is -2.37. The maximum atomic E-state index is 12.1. The van der Waals surface area contributed by atoms with Gasteiger partial charge >= 0.3 is 0 Å². The summed E-state index contributed by atoms with van der Waals surface area (Å²) in [5.74, 6) is -0.0512. The molecule has 2 N–H and O–H groups in total. The fraction of sp³-hybridized carbons (Fsp3) is 0.417. The molecule has 0 unspecified atom stereocenters. The number of likely N-dealkylation sites (N-methyl/N-ethyl adjacent to an activating group) is 2. The number of benzene rings is 2. The Balaban J connectivity index is 1.74. The summed E-state index contributed by atoms with van der Waals surface area (Å²) < 4.78 is 0. The molecule has 7 heteroatoms. The van der Waals surface area contributed by atoms with Crippen molar-refractivity contribution in [2.45, 2.75) is 20.4 Å². The third-order valence-electron chi connectivity index (χ3n) is 5.11. The molecule has 0 heterocycles. The number of phenols is 1. The Morgan fingerprint density at radius 2 is 1.71 bits per heavy atom. The third-order valence-corrected chi connectivity index (χ3v) is 5.11. The molecule has 0 aliphatic heterocycles. The zero-order valence-electron chi connectivity index (χ0n) is 19.1. The number of hydrazone groups is 1. The van der Waals surface area contributed by atoms with Gasteiger partial charge in [0, 0.05) is 50.0 Å². The number of nitrogens with one attached hydrogen (secondary N) is 1. The summed E-state index contributed by atoms with van der Waals surface area (Å²) >= 11 is 0. The van der Waals surface area contributed by atoms with Gasteiger partial charge < -0.3 is 14.9 Å². The summed E-state index contributed by atoms with van der Waals surface area (Å²) in [6.45, 7) is 8.64. The zero-order valence-corrected chi connectivity index (χ0v) is 19.1. The highest BCUT2D eigenvalue weighted by molar-refractivity contribution is 5.86. The topological polar surface area (TPSA) is 71.4 Å². The van der Waals surface area contributed by atoms with Crippen molar-refractivity contribution in [3.8, 4) is 5.75 Å². The Kier molecular flexibility index (Phi) is 10.00. The second-order valence-corrected chi connectivity index (χ2v) is 7.67. The van der Waals surface area contributed by atoms with Crippen LogP contribution in [0.1, 0.15) is 25.0 Å². The van der Waals surface area contributed by atoms with Crippen LogP contribution >= 0.6 is 0 Å². The van der Waals surface area contributed by atoms with Crippen LogP contribution in [-0.4, -0.2) is 73.8 Å². The molecule has 0 aliphatic rings. The first-order chi connectivity index (χ1) is 14.9. The SMILES string of the molecule is CCN(CC)c1ccc(/C=N/NC(=O)CN(C)CCN(C)Cc2ccccc2)c(O)c1. The standard InChI is InChI=1S/C24H35N5O2/c1-5-29(6-2)22-13-12-21(23(30)16-22)17-25-26-24(31)19-28(4)15-14-27(3)18-20-10-8-7-9-11-20/h7-13,16-17,30H,5-6,14-15,18-19H2,1-4H3,(H,26,31)/b25-17+. The van der Waals surface area contributed by atoms with Crippen LogP contribution in [0, 0.1) is 0 Å². The van der Waals surface area contributed by atoms with Gasteiger partial charge in [-0.1, -0.05) is 30.3 Å². The number of anilines is 1. The predicted octanol–water partition coefficient (Wildman–Crippen LogP) is 2.75. The largest absolute Gasteiger partial charge is 0.507 e. The van der Waals surface area contributed by atoms with Crippen molar-refractivity contribution >= 4 is 17.8 Å². The average molecular weight is 426 g/mol. The van der Waals surface area contributed by atoms with Crippen LogP contribution < -0.4 is 10.3 Å². The molecule has 0 bridgehead atoms. The van der Waals surface area contributed by atoms with E-state index in [1.165, 1.54) is 11.8 Å². The summed E-state index contributed by atoms with van der Waals surface area (Å²) in [4.78, 5) is 18.5. The molecule has 1 amide bonds. The summed E-state index contributed by atoms with van der Waals surface area (Å²) in [6.07, 6.45) is 1.47. The van der Waals surface area contributed by atoms with Gasteiger partial charge in [-0.25, -0.2) is 5.43 Å². The number of carbonyl (C=O) groups is 1. The Morgan fingerprint density at radius 1 is 1.03 bits per heavy atom. The van der Waals surface area contributed by atoms with E-state index < -0.39 is 0 Å². The van der Waals surface area contributed by atoms with Crippen LogP contribution in [-0.2, 0) is 11.3 Å². The van der Waals surface area contributed by atoms with E-state index in [0.29, 0.717) is 5.56 Å². The lowest BCUT2D eigenvalue weighted by molar-refractivity contribution is -0.121. The van der Waals surface area contributed by atoms with E-state index in [1.54, 1.807) is 12.1 Å². The van der Waals surface area contributed by atoms with Crippen LogP contribution in [0.3, 0.4) is 0 Å². The van der Waals surface area contributed by atoms with Gasteiger partial charge in [0.25, 0.3) is 5.91 Å². The maximum Gasteiger partial charge on any atom is 0.254 e. The molecule has 7 nitrogen and oxygen atoms in total. The van der Waals surface area contributed by atoms with E-state index in [-0.39, 0.29) is 18.2 Å². The molecule has 0 aromatic heterocycles. The lowest BCUT2D eigenvalue weighted by Gasteiger charge is -2.21. The number of carbonyl (C=O) groups excluding carboxylic acids is 1. The molecule has 2 aromatic carbocycles. The van der Waals surface area contributed by atoms with E-state index in [9.17, 15) is 9.90 Å². The number of aromatic hydroxyl groups is 1. The number of phenolic OH excluding ortho intramolecular Hbond substituents is 1. The van der Waals surface area contributed by atoms with Crippen LogP contribution in [0.2, 0.25) is 0 Å². The summed E-state index contributed by atoms with van der Waals surface area (Å²) in [5.41, 5.74) is 5.32.